The second-order valence-corrected chi connectivity index (χ2v) is 15.2. The number of benzene rings is 6. The first kappa shape index (κ1) is 28.2. The van der Waals surface area contributed by atoms with E-state index in [1.54, 1.807) is 0 Å². The normalized spacial score (nSPS) is 12.7. The van der Waals surface area contributed by atoms with Crippen LogP contribution in [-0.2, 0) is 0 Å². The Morgan fingerprint density at radius 2 is 0.961 bits per heavy atom. The first-order valence-electron chi connectivity index (χ1n) is 17.3. The highest BCUT2D eigenvalue weighted by Gasteiger charge is 2.24. The van der Waals surface area contributed by atoms with E-state index in [0.717, 1.165) is 45.2 Å². The number of rotatable bonds is 4. The summed E-state index contributed by atoms with van der Waals surface area (Å²) in [5, 5.41) is 7.52. The molecule has 4 aromatic heterocycles. The molecular formula is C45H29N5Si. The van der Waals surface area contributed by atoms with Crippen LogP contribution in [0.2, 0.25) is 0 Å². The summed E-state index contributed by atoms with van der Waals surface area (Å²) in [4.78, 5) is 15.2. The van der Waals surface area contributed by atoms with Crippen LogP contribution in [0.25, 0.3) is 88.9 Å². The maximum Gasteiger partial charge on any atom is 0.159 e. The number of fused-ring (bicyclic) bond motifs is 9. The average molecular weight is 668 g/mol. The van der Waals surface area contributed by atoms with E-state index < -0.39 is 9.52 Å². The van der Waals surface area contributed by atoms with Crippen molar-refractivity contribution < 1.29 is 0 Å². The number of nitrogens with zero attached hydrogens (tertiary/aromatic N) is 5. The van der Waals surface area contributed by atoms with E-state index in [2.05, 4.69) is 173 Å². The fourth-order valence-corrected chi connectivity index (χ4v) is 9.74. The van der Waals surface area contributed by atoms with Gasteiger partial charge in [-0.15, -0.1) is 0 Å². The van der Waals surface area contributed by atoms with Crippen molar-refractivity contribution in [3.8, 4) is 45.3 Å². The predicted octanol–water partition coefficient (Wildman–Crippen LogP) is 8.50. The minimum Gasteiger partial charge on any atom is -0.309 e. The van der Waals surface area contributed by atoms with Gasteiger partial charge in [0, 0.05) is 62.0 Å². The zero-order chi connectivity index (χ0) is 33.5. The van der Waals surface area contributed by atoms with Crippen LogP contribution >= 0.6 is 0 Å². The van der Waals surface area contributed by atoms with Gasteiger partial charge in [-0.3, -0.25) is 4.98 Å². The Hall–Kier alpha value is -6.63. The van der Waals surface area contributed by atoms with Crippen LogP contribution in [0.3, 0.4) is 0 Å². The van der Waals surface area contributed by atoms with Gasteiger partial charge >= 0.3 is 0 Å². The molecular weight excluding hydrogens is 639 g/mol. The fraction of sp³-hybridized carbons (Fsp3) is 0. The van der Waals surface area contributed by atoms with Crippen LogP contribution in [0.1, 0.15) is 0 Å². The summed E-state index contributed by atoms with van der Waals surface area (Å²) in [5.74, 6) is 0.745. The van der Waals surface area contributed by atoms with Gasteiger partial charge in [0.25, 0.3) is 0 Å². The molecule has 0 N–H and O–H groups in total. The predicted molar refractivity (Wildman–Crippen MR) is 213 cm³/mol. The van der Waals surface area contributed by atoms with Gasteiger partial charge in [-0.25, -0.2) is 9.97 Å². The van der Waals surface area contributed by atoms with Gasteiger partial charge in [0.2, 0.25) is 0 Å². The summed E-state index contributed by atoms with van der Waals surface area (Å²) >= 11 is 0. The number of hydrogen-bond donors (Lipinski definition) is 0. The number of hydrogen-bond acceptors (Lipinski definition) is 3. The zero-order valence-electron chi connectivity index (χ0n) is 27.5. The molecule has 0 unspecified atom stereocenters. The monoisotopic (exact) mass is 667 g/mol. The van der Waals surface area contributed by atoms with Gasteiger partial charge in [0.15, 0.2) is 5.82 Å². The Labute approximate surface area is 296 Å². The van der Waals surface area contributed by atoms with Crippen molar-refractivity contribution in [2.24, 2.45) is 0 Å². The van der Waals surface area contributed by atoms with Crippen LogP contribution in [0, 0.1) is 0 Å². The molecule has 0 aliphatic carbocycles. The van der Waals surface area contributed by atoms with Gasteiger partial charge in [-0.05, 0) is 65.0 Å². The lowest BCUT2D eigenvalue weighted by atomic mass is 10.0. The first-order chi connectivity index (χ1) is 25.3. The van der Waals surface area contributed by atoms with Crippen LogP contribution in [-0.4, -0.2) is 33.6 Å². The van der Waals surface area contributed by atoms with Crippen molar-refractivity contribution in [3.63, 3.8) is 0 Å². The Morgan fingerprint density at radius 3 is 1.61 bits per heavy atom. The lowest BCUT2D eigenvalue weighted by molar-refractivity contribution is 1.17. The van der Waals surface area contributed by atoms with Crippen LogP contribution in [0.5, 0.6) is 0 Å². The standard InChI is InChI=1S/C45H29N5Si/c1-3-11-30(12-4-1)49-38-17-9-7-15-32(38)34-21-19-28(23-40(34)49)37-25-36-42(26-46-37)51-43-27-47-45(48-44(36)43)29-20-22-35-33-16-8-10-18-39(33)50(41(35)24-29)31-13-5-2-6-14-31/h1-27H,51H2. The molecule has 1 aliphatic rings. The number of aromatic nitrogens is 5. The topological polar surface area (TPSA) is 48.5 Å². The van der Waals surface area contributed by atoms with E-state index in [4.69, 9.17) is 15.0 Å². The molecule has 0 saturated carbocycles. The molecule has 0 fully saturated rings. The fourth-order valence-electron chi connectivity index (χ4n) is 8.07. The summed E-state index contributed by atoms with van der Waals surface area (Å²) in [7, 11) is -0.731. The van der Waals surface area contributed by atoms with Crippen molar-refractivity contribution in [3.05, 3.63) is 164 Å². The van der Waals surface area contributed by atoms with Crippen LogP contribution < -0.4 is 10.4 Å². The van der Waals surface area contributed by atoms with Crippen molar-refractivity contribution in [2.75, 3.05) is 0 Å². The van der Waals surface area contributed by atoms with Gasteiger partial charge in [0.05, 0.1) is 43.0 Å². The van der Waals surface area contributed by atoms with Crippen molar-refractivity contribution in [2.45, 2.75) is 0 Å². The van der Waals surface area contributed by atoms with E-state index in [1.807, 2.05) is 0 Å². The number of para-hydroxylation sites is 4. The minimum atomic E-state index is -0.731. The molecule has 0 amide bonds. The molecule has 5 nitrogen and oxygen atoms in total. The largest absolute Gasteiger partial charge is 0.309 e. The Morgan fingerprint density at radius 1 is 0.431 bits per heavy atom. The highest BCUT2D eigenvalue weighted by Crippen LogP contribution is 2.37. The third kappa shape index (κ3) is 4.30. The second-order valence-electron chi connectivity index (χ2n) is 13.3. The Bertz CT molecular complexity index is 2790. The van der Waals surface area contributed by atoms with Gasteiger partial charge in [-0.2, -0.15) is 0 Å². The highest BCUT2D eigenvalue weighted by atomic mass is 28.2. The molecule has 0 saturated heterocycles. The maximum atomic E-state index is 5.28. The SMILES string of the molecule is c1ccc(-n2c3ccccc3c3ccc(-c4cc5c(cn4)[SiH2]c4cnc(-c6ccc7c8ccccc8n(-c8ccccc8)c7c6)nc4-5)cc32)cc1. The molecule has 0 radical (unpaired) electrons. The molecule has 1 aliphatic heterocycles. The van der Waals surface area contributed by atoms with Crippen molar-refractivity contribution in [1.29, 1.82) is 0 Å². The molecule has 238 valence electrons. The summed E-state index contributed by atoms with van der Waals surface area (Å²) in [6, 6.07) is 54.1. The molecule has 0 atom stereocenters. The molecule has 6 aromatic carbocycles. The highest BCUT2D eigenvalue weighted by molar-refractivity contribution is 6.73. The summed E-state index contributed by atoms with van der Waals surface area (Å²) < 4.78 is 4.70. The van der Waals surface area contributed by atoms with Crippen LogP contribution in [0.4, 0.5) is 0 Å². The smallest absolute Gasteiger partial charge is 0.159 e. The van der Waals surface area contributed by atoms with Gasteiger partial charge in [0.1, 0.15) is 0 Å². The lowest BCUT2D eigenvalue weighted by Gasteiger charge is -2.10. The second kappa shape index (κ2) is 10.9. The Balaban J connectivity index is 1.03. The third-order valence-corrected chi connectivity index (χ3v) is 12.3. The number of pyridine rings is 1. The van der Waals surface area contributed by atoms with Crippen molar-refractivity contribution >= 4 is 63.5 Å². The quantitative estimate of drug-likeness (QED) is 0.177. The molecule has 11 rings (SSSR count). The lowest BCUT2D eigenvalue weighted by Crippen LogP contribution is -2.22. The average Bonchev–Trinajstić information content (AvgIpc) is 3.85. The zero-order valence-corrected chi connectivity index (χ0v) is 28.9. The van der Waals surface area contributed by atoms with Gasteiger partial charge < -0.3 is 9.13 Å². The van der Waals surface area contributed by atoms with E-state index in [-0.39, 0.29) is 0 Å². The van der Waals surface area contributed by atoms with Crippen LogP contribution in [0.15, 0.2) is 164 Å². The van der Waals surface area contributed by atoms with Gasteiger partial charge in [-0.1, -0.05) is 97.1 Å². The summed E-state index contributed by atoms with van der Waals surface area (Å²) in [6.45, 7) is 0. The van der Waals surface area contributed by atoms with Crippen molar-refractivity contribution in [1.82, 2.24) is 24.1 Å². The summed E-state index contributed by atoms with van der Waals surface area (Å²) in [6.07, 6.45) is 4.14. The molecule has 6 heteroatoms. The first-order valence-corrected chi connectivity index (χ1v) is 18.7. The summed E-state index contributed by atoms with van der Waals surface area (Å²) in [5.41, 5.74) is 12.3. The molecule has 5 heterocycles. The molecule has 0 spiro atoms. The van der Waals surface area contributed by atoms with E-state index in [1.165, 1.54) is 54.0 Å². The van der Waals surface area contributed by atoms with E-state index >= 15 is 0 Å². The maximum absolute atomic E-state index is 5.28. The third-order valence-electron chi connectivity index (χ3n) is 10.4. The molecule has 10 aromatic rings. The Kier molecular flexibility index (Phi) is 6.05. The van der Waals surface area contributed by atoms with E-state index in [9.17, 15) is 0 Å². The minimum absolute atomic E-state index is 0.731. The van der Waals surface area contributed by atoms with E-state index in [0.29, 0.717) is 0 Å². The molecule has 51 heavy (non-hydrogen) atoms. The molecule has 0 bridgehead atoms.